The number of Topliss-reactive ketones (excluding diaryl/α,β-unsaturated/α-hetero) is 1. The van der Waals surface area contributed by atoms with Gasteiger partial charge in [0.25, 0.3) is 0 Å². The molecule has 3 aliphatic rings. The second-order valence-corrected chi connectivity index (χ2v) is 10.4. The largest absolute Gasteiger partial charge is 0.386 e. The average molecular weight is 447 g/mol. The van der Waals surface area contributed by atoms with Crippen molar-refractivity contribution in [1.82, 2.24) is 0 Å². The molecule has 2 saturated carbocycles. The van der Waals surface area contributed by atoms with E-state index in [-0.39, 0.29) is 18.3 Å². The lowest BCUT2D eigenvalue weighted by Crippen LogP contribution is -2.32. The van der Waals surface area contributed by atoms with Crippen LogP contribution in [0, 0.1) is 17.3 Å². The van der Waals surface area contributed by atoms with E-state index in [9.17, 15) is 18.7 Å². The number of aliphatic hydroxyl groups is 1. The van der Waals surface area contributed by atoms with E-state index in [0.29, 0.717) is 17.4 Å². The van der Waals surface area contributed by atoms with Gasteiger partial charge in [0, 0.05) is 18.4 Å². The standard InChI is InChI=1S/C28H40F2O2/c1-5-28(32,6-2)16-7-9-19(3)23-13-14-24-20(10-8-15-27(23,24)4)11-12-21-17-22(29)18-25(30)26(21)31/h7,11-13,16,19,22,24-25,32H,5-6,8-10,14-15,17-18H2,1-4H3. The number of alkyl halides is 2. The molecule has 0 amide bonds. The third-order valence-corrected chi connectivity index (χ3v) is 8.29. The van der Waals surface area contributed by atoms with Crippen LogP contribution in [-0.4, -0.2) is 28.8 Å². The van der Waals surface area contributed by atoms with Gasteiger partial charge in [0.2, 0.25) is 0 Å². The number of carbonyl (C=O) groups excluding carboxylic acids is 1. The molecular weight excluding hydrogens is 406 g/mol. The zero-order valence-corrected chi connectivity index (χ0v) is 20.2. The summed E-state index contributed by atoms with van der Waals surface area (Å²) in [5.41, 5.74) is 2.46. The molecule has 0 saturated heterocycles. The third kappa shape index (κ3) is 5.16. The maximum absolute atomic E-state index is 13.8. The van der Waals surface area contributed by atoms with Crippen molar-refractivity contribution >= 4 is 5.78 Å². The summed E-state index contributed by atoms with van der Waals surface area (Å²) in [7, 11) is 0. The zero-order chi connectivity index (χ0) is 23.5. The van der Waals surface area contributed by atoms with E-state index in [4.69, 9.17) is 0 Å². The zero-order valence-electron chi connectivity index (χ0n) is 20.2. The summed E-state index contributed by atoms with van der Waals surface area (Å²) in [5, 5.41) is 10.5. The number of allylic oxidation sites excluding steroid dienone is 7. The Morgan fingerprint density at radius 1 is 1.28 bits per heavy atom. The van der Waals surface area contributed by atoms with Crippen molar-refractivity contribution in [2.45, 2.75) is 103 Å². The first-order chi connectivity index (χ1) is 15.1. The smallest absolute Gasteiger partial charge is 0.193 e. The highest BCUT2D eigenvalue weighted by Gasteiger charge is 2.45. The number of ketones is 1. The van der Waals surface area contributed by atoms with Gasteiger partial charge in [-0.1, -0.05) is 69.2 Å². The highest BCUT2D eigenvalue weighted by Crippen LogP contribution is 2.56. The van der Waals surface area contributed by atoms with E-state index in [1.807, 2.05) is 26.0 Å². The van der Waals surface area contributed by atoms with Gasteiger partial charge in [0.1, 0.15) is 6.17 Å². The maximum Gasteiger partial charge on any atom is 0.193 e. The summed E-state index contributed by atoms with van der Waals surface area (Å²) in [4.78, 5) is 12.1. The van der Waals surface area contributed by atoms with Crippen LogP contribution < -0.4 is 0 Å². The van der Waals surface area contributed by atoms with Crippen molar-refractivity contribution < 1.29 is 18.7 Å². The molecule has 0 aliphatic heterocycles. The van der Waals surface area contributed by atoms with Crippen molar-refractivity contribution in [3.8, 4) is 0 Å². The molecular formula is C28H40F2O2. The second kappa shape index (κ2) is 10.2. The minimum Gasteiger partial charge on any atom is -0.386 e. The number of rotatable bonds is 7. The van der Waals surface area contributed by atoms with Crippen LogP contribution in [0.5, 0.6) is 0 Å². The molecule has 0 aromatic heterocycles. The Balaban J connectivity index is 1.73. The second-order valence-electron chi connectivity index (χ2n) is 10.4. The SMILES string of the molecule is CCC(O)(C=CCC(C)C1=CCC2C(=CC=C3CC(F)CC(F)C3=O)CCCC12C)CC. The lowest BCUT2D eigenvalue weighted by molar-refractivity contribution is -0.122. The highest BCUT2D eigenvalue weighted by molar-refractivity contribution is 5.99. The molecule has 0 radical (unpaired) electrons. The van der Waals surface area contributed by atoms with Crippen LogP contribution in [0.3, 0.4) is 0 Å². The van der Waals surface area contributed by atoms with Crippen molar-refractivity contribution in [1.29, 1.82) is 0 Å². The molecule has 4 heteroatoms. The summed E-state index contributed by atoms with van der Waals surface area (Å²) in [5.74, 6) is 0.245. The van der Waals surface area contributed by atoms with Crippen LogP contribution in [0.1, 0.15) is 85.5 Å². The fourth-order valence-electron chi connectivity index (χ4n) is 6.03. The molecule has 0 aromatic rings. The van der Waals surface area contributed by atoms with Gasteiger partial charge in [-0.2, -0.15) is 0 Å². The Hall–Kier alpha value is -1.55. The number of halogens is 2. The van der Waals surface area contributed by atoms with Gasteiger partial charge in [-0.15, -0.1) is 0 Å². The van der Waals surface area contributed by atoms with Crippen LogP contribution >= 0.6 is 0 Å². The summed E-state index contributed by atoms with van der Waals surface area (Å²) in [6.45, 7) is 8.64. The van der Waals surface area contributed by atoms with Gasteiger partial charge in [-0.3, -0.25) is 4.79 Å². The molecule has 5 unspecified atom stereocenters. The van der Waals surface area contributed by atoms with Crippen molar-refractivity contribution in [3.63, 3.8) is 0 Å². The lowest BCUT2D eigenvalue weighted by atomic mass is 9.62. The summed E-state index contributed by atoms with van der Waals surface area (Å²) >= 11 is 0. The Bertz CT molecular complexity index is 817. The third-order valence-electron chi connectivity index (χ3n) is 8.29. The molecule has 3 aliphatic carbocycles. The van der Waals surface area contributed by atoms with Crippen LogP contribution in [0.15, 0.2) is 47.1 Å². The van der Waals surface area contributed by atoms with E-state index in [1.54, 1.807) is 6.08 Å². The molecule has 2 fully saturated rings. The van der Waals surface area contributed by atoms with Crippen LogP contribution in [-0.2, 0) is 4.79 Å². The molecule has 0 heterocycles. The maximum atomic E-state index is 13.8. The molecule has 178 valence electrons. The molecule has 2 nitrogen and oxygen atoms in total. The number of carbonyl (C=O) groups is 1. The monoisotopic (exact) mass is 446 g/mol. The fraction of sp³-hybridized carbons (Fsp3) is 0.679. The first kappa shape index (κ1) is 25.1. The first-order valence-electron chi connectivity index (χ1n) is 12.5. The van der Waals surface area contributed by atoms with Crippen molar-refractivity contribution in [2.24, 2.45) is 17.3 Å². The van der Waals surface area contributed by atoms with Crippen molar-refractivity contribution in [2.75, 3.05) is 0 Å². The first-order valence-corrected chi connectivity index (χ1v) is 12.5. The van der Waals surface area contributed by atoms with E-state index in [0.717, 1.165) is 44.9 Å². The van der Waals surface area contributed by atoms with Crippen LogP contribution in [0.2, 0.25) is 0 Å². The minimum atomic E-state index is -1.70. The molecule has 0 bridgehead atoms. The minimum absolute atomic E-state index is 0.0275. The van der Waals surface area contributed by atoms with E-state index < -0.39 is 23.7 Å². The predicted octanol–water partition coefficient (Wildman–Crippen LogP) is 7.15. The van der Waals surface area contributed by atoms with Gasteiger partial charge in [-0.05, 0) is 62.2 Å². The highest BCUT2D eigenvalue weighted by atomic mass is 19.1. The Morgan fingerprint density at radius 3 is 2.69 bits per heavy atom. The Labute approximate surface area is 192 Å². The van der Waals surface area contributed by atoms with Gasteiger partial charge >= 0.3 is 0 Å². The quantitative estimate of drug-likeness (QED) is 0.333. The van der Waals surface area contributed by atoms with Gasteiger partial charge in [-0.25, -0.2) is 8.78 Å². The number of hydrogen-bond acceptors (Lipinski definition) is 2. The summed E-state index contributed by atoms with van der Waals surface area (Å²) < 4.78 is 27.6. The molecule has 1 N–H and O–H groups in total. The van der Waals surface area contributed by atoms with E-state index in [2.05, 4.69) is 26.0 Å². The van der Waals surface area contributed by atoms with E-state index in [1.165, 1.54) is 11.1 Å². The summed E-state index contributed by atoms with van der Waals surface area (Å²) in [6, 6.07) is 0. The average Bonchev–Trinajstić information content (AvgIpc) is 3.12. The van der Waals surface area contributed by atoms with Crippen LogP contribution in [0.25, 0.3) is 0 Å². The Kier molecular flexibility index (Phi) is 7.96. The van der Waals surface area contributed by atoms with Gasteiger partial charge < -0.3 is 5.11 Å². The summed E-state index contributed by atoms with van der Waals surface area (Å²) in [6.07, 6.45) is 13.4. The fourth-order valence-corrected chi connectivity index (χ4v) is 6.03. The predicted molar refractivity (Wildman–Crippen MR) is 127 cm³/mol. The Morgan fingerprint density at radius 2 is 2.00 bits per heavy atom. The van der Waals surface area contributed by atoms with Gasteiger partial charge in [0.15, 0.2) is 12.0 Å². The molecule has 5 atom stereocenters. The normalized spacial score (nSPS) is 34.9. The van der Waals surface area contributed by atoms with Gasteiger partial charge in [0.05, 0.1) is 5.60 Å². The topological polar surface area (TPSA) is 37.3 Å². The molecule has 0 aromatic carbocycles. The van der Waals surface area contributed by atoms with Crippen LogP contribution in [0.4, 0.5) is 8.78 Å². The molecule has 3 rings (SSSR count). The van der Waals surface area contributed by atoms with E-state index >= 15 is 0 Å². The van der Waals surface area contributed by atoms with Crippen molar-refractivity contribution in [3.05, 3.63) is 47.1 Å². The number of fused-ring (bicyclic) bond motifs is 1. The molecule has 0 spiro atoms. The number of hydrogen-bond donors (Lipinski definition) is 1. The lowest BCUT2D eigenvalue weighted by Gasteiger charge is -2.42. The molecule has 32 heavy (non-hydrogen) atoms.